The Morgan fingerprint density at radius 1 is 1.15 bits per heavy atom. The molecule has 0 aliphatic heterocycles. The van der Waals surface area contributed by atoms with E-state index in [0.717, 1.165) is 11.3 Å². The Kier molecular flexibility index (Phi) is 5.43. The van der Waals surface area contributed by atoms with Crippen LogP contribution in [-0.2, 0) is 0 Å². The van der Waals surface area contributed by atoms with Gasteiger partial charge >= 0.3 is 0 Å². The SMILES string of the molecule is CCN(C(=O)c1cnc(Nc2cccc(C#N)c2)nc1)c1cccc(C)c1. The molecule has 2 aromatic carbocycles. The third-order valence-electron chi connectivity index (χ3n) is 4.02. The minimum Gasteiger partial charge on any atom is -0.324 e. The first-order valence-electron chi connectivity index (χ1n) is 8.58. The molecule has 0 fully saturated rings. The maximum absolute atomic E-state index is 12.8. The van der Waals surface area contributed by atoms with E-state index in [2.05, 4.69) is 21.4 Å². The molecule has 1 heterocycles. The van der Waals surface area contributed by atoms with Crippen molar-refractivity contribution < 1.29 is 4.79 Å². The molecule has 0 saturated carbocycles. The summed E-state index contributed by atoms with van der Waals surface area (Å²) in [6, 6.07) is 16.9. The van der Waals surface area contributed by atoms with Crippen LogP contribution in [0.1, 0.15) is 28.4 Å². The quantitative estimate of drug-likeness (QED) is 0.744. The summed E-state index contributed by atoms with van der Waals surface area (Å²) in [5.41, 5.74) is 3.61. The summed E-state index contributed by atoms with van der Waals surface area (Å²) >= 11 is 0. The number of anilines is 3. The van der Waals surface area contributed by atoms with Gasteiger partial charge in [-0.05, 0) is 49.7 Å². The number of rotatable bonds is 5. The van der Waals surface area contributed by atoms with Crippen molar-refractivity contribution in [3.05, 3.63) is 77.6 Å². The van der Waals surface area contributed by atoms with Gasteiger partial charge in [-0.15, -0.1) is 0 Å². The molecule has 0 aliphatic carbocycles. The zero-order valence-corrected chi connectivity index (χ0v) is 15.2. The fourth-order valence-corrected chi connectivity index (χ4v) is 2.69. The van der Waals surface area contributed by atoms with Crippen LogP contribution in [-0.4, -0.2) is 22.4 Å². The van der Waals surface area contributed by atoms with Crippen LogP contribution in [0.25, 0.3) is 0 Å². The smallest absolute Gasteiger partial charge is 0.261 e. The number of hydrogen-bond donors (Lipinski definition) is 1. The Labute approximate surface area is 158 Å². The summed E-state index contributed by atoms with van der Waals surface area (Å²) in [7, 11) is 0. The predicted octanol–water partition coefficient (Wildman–Crippen LogP) is 4.07. The lowest BCUT2D eigenvalue weighted by atomic mass is 10.2. The Balaban J connectivity index is 1.77. The first-order valence-corrected chi connectivity index (χ1v) is 8.58. The standard InChI is InChI=1S/C21H19N5O/c1-3-26(19-9-4-6-15(2)10-19)20(27)17-13-23-21(24-14-17)25-18-8-5-7-16(11-18)12-22/h4-11,13-14H,3H2,1-2H3,(H,23,24,25). The Bertz CT molecular complexity index is 992. The van der Waals surface area contributed by atoms with E-state index < -0.39 is 0 Å². The fourth-order valence-electron chi connectivity index (χ4n) is 2.69. The van der Waals surface area contributed by atoms with E-state index in [4.69, 9.17) is 5.26 Å². The summed E-state index contributed by atoms with van der Waals surface area (Å²) in [5.74, 6) is 0.210. The molecule has 1 aromatic heterocycles. The Hall–Kier alpha value is -3.72. The minimum absolute atomic E-state index is 0.152. The van der Waals surface area contributed by atoms with Crippen molar-refractivity contribution in [1.82, 2.24) is 9.97 Å². The Morgan fingerprint density at radius 3 is 2.56 bits per heavy atom. The van der Waals surface area contributed by atoms with Crippen LogP contribution < -0.4 is 10.2 Å². The molecule has 0 unspecified atom stereocenters. The van der Waals surface area contributed by atoms with Gasteiger partial charge in [0.1, 0.15) is 0 Å². The van der Waals surface area contributed by atoms with Crippen LogP contribution in [0.3, 0.4) is 0 Å². The summed E-state index contributed by atoms with van der Waals surface area (Å²) in [6.45, 7) is 4.47. The van der Waals surface area contributed by atoms with E-state index in [1.54, 1.807) is 23.1 Å². The minimum atomic E-state index is -0.152. The van der Waals surface area contributed by atoms with Crippen LogP contribution in [0.15, 0.2) is 60.9 Å². The molecule has 0 aliphatic rings. The second kappa shape index (κ2) is 8.11. The number of aromatic nitrogens is 2. The zero-order chi connectivity index (χ0) is 19.2. The first kappa shape index (κ1) is 18.1. The molecule has 0 saturated heterocycles. The third-order valence-corrected chi connectivity index (χ3v) is 4.02. The molecule has 0 atom stereocenters. The van der Waals surface area contributed by atoms with Crippen molar-refractivity contribution in [2.75, 3.05) is 16.8 Å². The van der Waals surface area contributed by atoms with Crippen molar-refractivity contribution >= 4 is 23.2 Å². The maximum Gasteiger partial charge on any atom is 0.261 e. The molecule has 1 N–H and O–H groups in total. The zero-order valence-electron chi connectivity index (χ0n) is 15.2. The highest BCUT2D eigenvalue weighted by Gasteiger charge is 2.17. The van der Waals surface area contributed by atoms with Gasteiger partial charge in [-0.2, -0.15) is 5.26 Å². The van der Waals surface area contributed by atoms with Crippen molar-refractivity contribution in [1.29, 1.82) is 5.26 Å². The van der Waals surface area contributed by atoms with E-state index in [0.29, 0.717) is 29.3 Å². The van der Waals surface area contributed by atoms with Crippen LogP contribution in [0, 0.1) is 18.3 Å². The van der Waals surface area contributed by atoms with E-state index in [-0.39, 0.29) is 5.91 Å². The number of carbonyl (C=O) groups excluding carboxylic acids is 1. The fraction of sp³-hybridized carbons (Fsp3) is 0.143. The number of hydrogen-bond acceptors (Lipinski definition) is 5. The van der Waals surface area contributed by atoms with Crippen molar-refractivity contribution in [3.8, 4) is 6.07 Å². The lowest BCUT2D eigenvalue weighted by Gasteiger charge is -2.21. The van der Waals surface area contributed by atoms with Gasteiger partial charge in [0.15, 0.2) is 0 Å². The monoisotopic (exact) mass is 357 g/mol. The summed E-state index contributed by atoms with van der Waals surface area (Å²) in [4.78, 5) is 23.0. The Morgan fingerprint density at radius 2 is 1.89 bits per heavy atom. The molecule has 6 nitrogen and oxygen atoms in total. The van der Waals surface area contributed by atoms with Crippen LogP contribution in [0.4, 0.5) is 17.3 Å². The van der Waals surface area contributed by atoms with Crippen molar-refractivity contribution in [2.24, 2.45) is 0 Å². The van der Waals surface area contributed by atoms with Crippen LogP contribution in [0.5, 0.6) is 0 Å². The number of aryl methyl sites for hydroxylation is 1. The number of benzene rings is 2. The first-order chi connectivity index (χ1) is 13.1. The average molecular weight is 357 g/mol. The normalized spacial score (nSPS) is 10.1. The van der Waals surface area contributed by atoms with Gasteiger partial charge in [0.25, 0.3) is 5.91 Å². The molecule has 3 rings (SSSR count). The molecule has 27 heavy (non-hydrogen) atoms. The molecular formula is C21H19N5O. The van der Waals surface area contributed by atoms with E-state index >= 15 is 0 Å². The van der Waals surface area contributed by atoms with Gasteiger partial charge in [-0.25, -0.2) is 9.97 Å². The van der Waals surface area contributed by atoms with E-state index in [9.17, 15) is 4.79 Å². The van der Waals surface area contributed by atoms with Gasteiger partial charge in [0.05, 0.1) is 17.2 Å². The van der Waals surface area contributed by atoms with E-state index in [1.807, 2.05) is 44.2 Å². The maximum atomic E-state index is 12.8. The molecule has 0 radical (unpaired) electrons. The van der Waals surface area contributed by atoms with Crippen LogP contribution >= 0.6 is 0 Å². The lowest BCUT2D eigenvalue weighted by molar-refractivity contribution is 0.0987. The summed E-state index contributed by atoms with van der Waals surface area (Å²) in [6.07, 6.45) is 3.01. The highest BCUT2D eigenvalue weighted by atomic mass is 16.2. The van der Waals surface area contributed by atoms with Gasteiger partial charge in [-0.3, -0.25) is 4.79 Å². The molecule has 0 spiro atoms. The van der Waals surface area contributed by atoms with Gasteiger partial charge in [0.2, 0.25) is 5.95 Å². The van der Waals surface area contributed by atoms with Gasteiger partial charge in [0, 0.05) is 30.3 Å². The molecule has 3 aromatic rings. The lowest BCUT2D eigenvalue weighted by Crippen LogP contribution is -2.30. The number of nitrogens with zero attached hydrogens (tertiary/aromatic N) is 4. The number of nitrogens with one attached hydrogen (secondary N) is 1. The topological polar surface area (TPSA) is 81.9 Å². The largest absolute Gasteiger partial charge is 0.324 e. The third kappa shape index (κ3) is 4.28. The van der Waals surface area contributed by atoms with E-state index in [1.165, 1.54) is 12.4 Å². The molecule has 0 bridgehead atoms. The highest BCUT2D eigenvalue weighted by Crippen LogP contribution is 2.19. The number of carbonyl (C=O) groups is 1. The second-order valence-corrected chi connectivity index (χ2v) is 6.00. The van der Waals surface area contributed by atoms with Crippen LogP contribution in [0.2, 0.25) is 0 Å². The number of amides is 1. The molecule has 134 valence electrons. The number of nitriles is 1. The second-order valence-electron chi connectivity index (χ2n) is 6.00. The molecular weight excluding hydrogens is 338 g/mol. The van der Waals surface area contributed by atoms with Gasteiger partial charge < -0.3 is 10.2 Å². The summed E-state index contributed by atoms with van der Waals surface area (Å²) < 4.78 is 0. The predicted molar refractivity (Wildman–Crippen MR) is 105 cm³/mol. The van der Waals surface area contributed by atoms with Crippen molar-refractivity contribution in [3.63, 3.8) is 0 Å². The molecule has 1 amide bonds. The summed E-state index contributed by atoms with van der Waals surface area (Å²) in [5, 5.41) is 12.0. The average Bonchev–Trinajstić information content (AvgIpc) is 2.69. The molecule has 6 heteroatoms. The van der Waals surface area contributed by atoms with Gasteiger partial charge in [-0.1, -0.05) is 18.2 Å². The van der Waals surface area contributed by atoms with Crippen molar-refractivity contribution in [2.45, 2.75) is 13.8 Å². The highest BCUT2D eigenvalue weighted by molar-refractivity contribution is 6.05.